The van der Waals surface area contributed by atoms with Crippen molar-refractivity contribution in [3.8, 4) is 0 Å². The van der Waals surface area contributed by atoms with Crippen LogP contribution in [0.2, 0.25) is 0 Å². The Hall–Kier alpha value is -1.51. The molecule has 2 heterocycles. The van der Waals surface area contributed by atoms with Crippen molar-refractivity contribution in [2.24, 2.45) is 0 Å². The molecular formula is C15H10ClNS. The SMILES string of the molecule is ClC1=Cc2sc3ccc4ccccc4c3c2NC1. The smallest absolute Gasteiger partial charge is 0.0613 e. The van der Waals surface area contributed by atoms with E-state index in [-0.39, 0.29) is 0 Å². The zero-order valence-electron chi connectivity index (χ0n) is 9.53. The topological polar surface area (TPSA) is 12.0 Å². The van der Waals surface area contributed by atoms with E-state index >= 15 is 0 Å². The summed E-state index contributed by atoms with van der Waals surface area (Å²) in [6.07, 6.45) is 2.08. The van der Waals surface area contributed by atoms with Crippen LogP contribution < -0.4 is 5.32 Å². The molecule has 0 saturated heterocycles. The molecular weight excluding hydrogens is 262 g/mol. The second-order valence-electron chi connectivity index (χ2n) is 4.45. The Morgan fingerprint density at radius 1 is 1.11 bits per heavy atom. The first-order valence-corrected chi connectivity index (χ1v) is 7.06. The summed E-state index contributed by atoms with van der Waals surface area (Å²) in [7, 11) is 0. The van der Waals surface area contributed by atoms with E-state index in [9.17, 15) is 0 Å². The fourth-order valence-corrected chi connectivity index (χ4v) is 3.94. The molecule has 1 N–H and O–H groups in total. The molecule has 0 aliphatic carbocycles. The van der Waals surface area contributed by atoms with Crippen molar-refractivity contribution in [3.63, 3.8) is 0 Å². The number of halogens is 1. The number of hydrogen-bond acceptors (Lipinski definition) is 2. The quantitative estimate of drug-likeness (QED) is 0.603. The summed E-state index contributed by atoms with van der Waals surface area (Å²) in [6.45, 7) is 0.726. The van der Waals surface area contributed by atoms with Crippen molar-refractivity contribution >= 4 is 55.6 Å². The minimum atomic E-state index is 0.726. The van der Waals surface area contributed by atoms with Crippen molar-refractivity contribution < 1.29 is 0 Å². The summed E-state index contributed by atoms with van der Waals surface area (Å²) in [4.78, 5) is 1.23. The van der Waals surface area contributed by atoms with Crippen LogP contribution in [0.4, 0.5) is 5.69 Å². The molecule has 0 amide bonds. The fraction of sp³-hybridized carbons (Fsp3) is 0.0667. The second kappa shape index (κ2) is 3.74. The predicted molar refractivity (Wildman–Crippen MR) is 81.7 cm³/mol. The standard InChI is InChI=1S/C15H10ClNS/c16-10-7-13-15(17-8-10)14-11-4-2-1-3-9(11)5-6-12(14)18-13/h1-7,17H,8H2. The number of benzene rings is 2. The lowest BCUT2D eigenvalue weighted by Gasteiger charge is -2.12. The molecule has 1 aliphatic rings. The van der Waals surface area contributed by atoms with Crippen LogP contribution in [0.1, 0.15) is 4.88 Å². The molecule has 2 aromatic carbocycles. The number of anilines is 1. The van der Waals surface area contributed by atoms with Gasteiger partial charge < -0.3 is 5.32 Å². The highest BCUT2D eigenvalue weighted by Crippen LogP contribution is 2.43. The Morgan fingerprint density at radius 3 is 2.94 bits per heavy atom. The highest BCUT2D eigenvalue weighted by atomic mass is 35.5. The van der Waals surface area contributed by atoms with Crippen LogP contribution in [-0.4, -0.2) is 6.54 Å². The summed E-state index contributed by atoms with van der Waals surface area (Å²) >= 11 is 7.89. The summed E-state index contributed by atoms with van der Waals surface area (Å²) in [5.74, 6) is 0. The van der Waals surface area contributed by atoms with E-state index < -0.39 is 0 Å². The summed E-state index contributed by atoms with van der Waals surface area (Å²) in [5.41, 5.74) is 1.23. The van der Waals surface area contributed by atoms with Gasteiger partial charge in [-0.15, -0.1) is 11.3 Å². The molecule has 18 heavy (non-hydrogen) atoms. The Balaban J connectivity index is 2.19. The lowest BCUT2D eigenvalue weighted by Crippen LogP contribution is -2.05. The average Bonchev–Trinajstić information content (AvgIpc) is 2.76. The van der Waals surface area contributed by atoms with Crippen molar-refractivity contribution in [1.29, 1.82) is 0 Å². The maximum atomic E-state index is 6.10. The van der Waals surface area contributed by atoms with Gasteiger partial charge in [0.2, 0.25) is 0 Å². The minimum Gasteiger partial charge on any atom is -0.378 e. The summed E-state index contributed by atoms with van der Waals surface area (Å²) in [6, 6.07) is 12.9. The van der Waals surface area contributed by atoms with Gasteiger partial charge in [0.1, 0.15) is 0 Å². The molecule has 1 aliphatic heterocycles. The van der Waals surface area contributed by atoms with E-state index in [1.165, 1.54) is 31.4 Å². The molecule has 0 spiro atoms. The van der Waals surface area contributed by atoms with Crippen LogP contribution in [0.25, 0.3) is 26.9 Å². The van der Waals surface area contributed by atoms with Crippen LogP contribution in [0, 0.1) is 0 Å². The first-order valence-electron chi connectivity index (χ1n) is 5.87. The first kappa shape index (κ1) is 10.4. The van der Waals surface area contributed by atoms with Gasteiger partial charge >= 0.3 is 0 Å². The lowest BCUT2D eigenvalue weighted by molar-refractivity contribution is 1.31. The summed E-state index contributed by atoms with van der Waals surface area (Å²) < 4.78 is 1.31. The zero-order valence-corrected chi connectivity index (χ0v) is 11.1. The van der Waals surface area contributed by atoms with Gasteiger partial charge in [-0.2, -0.15) is 0 Å². The van der Waals surface area contributed by atoms with Crippen LogP contribution in [-0.2, 0) is 0 Å². The summed E-state index contributed by atoms with van der Waals surface area (Å²) in [5, 5.41) is 8.24. The van der Waals surface area contributed by atoms with E-state index in [4.69, 9.17) is 11.6 Å². The van der Waals surface area contributed by atoms with Crippen LogP contribution >= 0.6 is 22.9 Å². The minimum absolute atomic E-state index is 0.726. The fourth-order valence-electron chi connectivity index (χ4n) is 2.53. The van der Waals surface area contributed by atoms with E-state index in [1.54, 1.807) is 11.3 Å². The van der Waals surface area contributed by atoms with Gasteiger partial charge in [-0.3, -0.25) is 0 Å². The van der Waals surface area contributed by atoms with Crippen LogP contribution in [0.5, 0.6) is 0 Å². The Morgan fingerprint density at radius 2 is 2.00 bits per heavy atom. The van der Waals surface area contributed by atoms with Gasteiger partial charge in [0, 0.05) is 15.1 Å². The van der Waals surface area contributed by atoms with E-state index in [0.29, 0.717) is 0 Å². The van der Waals surface area contributed by atoms with Crippen molar-refractivity contribution in [1.82, 2.24) is 0 Å². The molecule has 1 nitrogen and oxygen atoms in total. The van der Waals surface area contributed by atoms with Gasteiger partial charge in [-0.25, -0.2) is 0 Å². The van der Waals surface area contributed by atoms with Gasteiger partial charge in [0.05, 0.1) is 17.1 Å². The monoisotopic (exact) mass is 271 g/mol. The maximum Gasteiger partial charge on any atom is 0.0613 e. The molecule has 0 fully saturated rings. The highest BCUT2D eigenvalue weighted by molar-refractivity contribution is 7.20. The second-order valence-corrected chi connectivity index (χ2v) is 6.02. The Labute approximate surface area is 114 Å². The van der Waals surface area contributed by atoms with Gasteiger partial charge in [-0.05, 0) is 22.9 Å². The van der Waals surface area contributed by atoms with E-state index in [0.717, 1.165) is 11.6 Å². The number of nitrogens with one attached hydrogen (secondary N) is 1. The highest BCUT2D eigenvalue weighted by Gasteiger charge is 2.16. The molecule has 4 rings (SSSR count). The molecule has 88 valence electrons. The third-order valence-corrected chi connectivity index (χ3v) is 4.67. The largest absolute Gasteiger partial charge is 0.378 e. The van der Waals surface area contributed by atoms with Gasteiger partial charge in [0.25, 0.3) is 0 Å². The molecule has 0 atom stereocenters. The number of rotatable bonds is 0. The zero-order chi connectivity index (χ0) is 12.1. The number of thiophene rings is 1. The molecule has 3 heteroatoms. The van der Waals surface area contributed by atoms with Gasteiger partial charge in [-0.1, -0.05) is 41.9 Å². The maximum absolute atomic E-state index is 6.10. The molecule has 0 radical (unpaired) electrons. The third-order valence-electron chi connectivity index (χ3n) is 3.33. The van der Waals surface area contributed by atoms with Crippen molar-refractivity contribution in [3.05, 3.63) is 46.3 Å². The normalized spacial score (nSPS) is 14.4. The van der Waals surface area contributed by atoms with Crippen LogP contribution in [0.3, 0.4) is 0 Å². The molecule has 3 aromatic rings. The molecule has 0 unspecified atom stereocenters. The van der Waals surface area contributed by atoms with Crippen LogP contribution in [0.15, 0.2) is 41.4 Å². The average molecular weight is 272 g/mol. The van der Waals surface area contributed by atoms with E-state index in [1.807, 2.05) is 0 Å². The van der Waals surface area contributed by atoms with Crippen molar-refractivity contribution in [2.75, 3.05) is 11.9 Å². The van der Waals surface area contributed by atoms with Gasteiger partial charge in [0.15, 0.2) is 0 Å². The third kappa shape index (κ3) is 1.39. The van der Waals surface area contributed by atoms with Crippen molar-refractivity contribution in [2.45, 2.75) is 0 Å². The van der Waals surface area contributed by atoms with E-state index in [2.05, 4.69) is 47.8 Å². The number of fused-ring (bicyclic) bond motifs is 5. The lowest BCUT2D eigenvalue weighted by atomic mass is 10.0. The molecule has 0 bridgehead atoms. The number of hydrogen-bond donors (Lipinski definition) is 1. The molecule has 1 aromatic heterocycles. The first-order chi connectivity index (χ1) is 8.83. The Bertz CT molecular complexity index is 801. The Kier molecular flexibility index (Phi) is 2.16. The predicted octanol–water partition coefficient (Wildman–Crippen LogP) is 5.06. The molecule has 0 saturated carbocycles.